The zero-order valence-corrected chi connectivity index (χ0v) is 12.3. The van der Waals surface area contributed by atoms with Crippen molar-refractivity contribution in [1.82, 2.24) is 10.9 Å². The van der Waals surface area contributed by atoms with Gasteiger partial charge in [0.25, 0.3) is 0 Å². The third kappa shape index (κ3) is 6.45. The summed E-state index contributed by atoms with van der Waals surface area (Å²) < 4.78 is 0. The number of nitrogens with one attached hydrogen (secondary N) is 2. The first kappa shape index (κ1) is 16.3. The van der Waals surface area contributed by atoms with Gasteiger partial charge in [0.15, 0.2) is 0 Å². The molecule has 2 N–H and O–H groups in total. The van der Waals surface area contributed by atoms with Gasteiger partial charge in [0.05, 0.1) is 0 Å². The maximum atomic E-state index is 11.0. The molecule has 1 saturated carbocycles. The van der Waals surface area contributed by atoms with Crippen LogP contribution >= 0.6 is 0 Å². The van der Waals surface area contributed by atoms with Gasteiger partial charge in [0, 0.05) is 25.3 Å². The number of hydrogen-bond donors (Lipinski definition) is 2. The second-order valence-corrected chi connectivity index (χ2v) is 5.01. The lowest BCUT2D eigenvalue weighted by Crippen LogP contribution is -2.21. The molecule has 0 saturated heterocycles. The third-order valence-corrected chi connectivity index (χ3v) is 3.41. The van der Waals surface area contributed by atoms with Crippen LogP contribution < -0.4 is 10.9 Å². The minimum Gasteiger partial charge on any atom is -0.273 e. The van der Waals surface area contributed by atoms with Gasteiger partial charge in [-0.3, -0.25) is 9.59 Å². The van der Waals surface area contributed by atoms with E-state index in [2.05, 4.69) is 21.1 Å². The van der Waals surface area contributed by atoms with Crippen LogP contribution in [0.25, 0.3) is 0 Å². The van der Waals surface area contributed by atoms with E-state index < -0.39 is 0 Å². The summed E-state index contributed by atoms with van der Waals surface area (Å²) in [7, 11) is 0. The van der Waals surface area contributed by atoms with Crippen molar-refractivity contribution in [1.29, 1.82) is 0 Å². The van der Waals surface area contributed by atoms with Crippen LogP contribution in [-0.2, 0) is 9.59 Å². The second-order valence-electron chi connectivity index (χ2n) is 5.01. The number of nitrogens with zero attached hydrogens (tertiary/aromatic N) is 2. The van der Waals surface area contributed by atoms with E-state index >= 15 is 0 Å². The highest BCUT2D eigenvalue weighted by Gasteiger charge is 2.18. The fourth-order valence-electron chi connectivity index (χ4n) is 2.03. The Kier molecular flexibility index (Phi) is 7.54. The number of hydrogen-bond acceptors (Lipinski definition) is 4. The minimum atomic E-state index is -0.0614. The molecule has 0 radical (unpaired) electrons. The average Bonchev–Trinajstić information content (AvgIpc) is 2.48. The lowest BCUT2D eigenvalue weighted by molar-refractivity contribution is -0.121. The highest BCUT2D eigenvalue weighted by Crippen LogP contribution is 2.26. The molecular weight excluding hydrogens is 256 g/mol. The Morgan fingerprint density at radius 1 is 0.900 bits per heavy atom. The molecular formula is C14H24N4O2. The molecule has 6 heteroatoms. The molecule has 0 aliphatic heterocycles. The molecule has 0 atom stereocenters. The van der Waals surface area contributed by atoms with Gasteiger partial charge in [0.2, 0.25) is 11.8 Å². The first-order valence-corrected chi connectivity index (χ1v) is 7.29. The molecule has 2 amide bonds. The fraction of sp³-hybridized carbons (Fsp3) is 0.714. The minimum absolute atomic E-state index is 0.0614. The van der Waals surface area contributed by atoms with E-state index in [1.807, 2.05) is 12.4 Å². The smallest absolute Gasteiger partial charge is 0.239 e. The van der Waals surface area contributed by atoms with Gasteiger partial charge >= 0.3 is 0 Å². The van der Waals surface area contributed by atoms with Crippen LogP contribution in [0.4, 0.5) is 0 Å². The highest BCUT2D eigenvalue weighted by molar-refractivity contribution is 5.77. The standard InChI is InChI=1S/C14H24N4O2/c1-3-13(19)17-15-9-11-5-7-12(8-6-11)10-16-18-14(20)4-2/h9-12H,3-8H2,1-2H3,(H,17,19)(H,18,20)/b15-9+,16-10+. The van der Waals surface area contributed by atoms with Crippen molar-refractivity contribution in [2.45, 2.75) is 52.4 Å². The monoisotopic (exact) mass is 280 g/mol. The van der Waals surface area contributed by atoms with Crippen LogP contribution in [0.1, 0.15) is 52.4 Å². The Labute approximate surface area is 120 Å². The number of carbonyl (C=O) groups excluding carboxylic acids is 2. The Balaban J connectivity index is 2.22. The van der Waals surface area contributed by atoms with Crippen LogP contribution in [0.15, 0.2) is 10.2 Å². The molecule has 6 nitrogen and oxygen atoms in total. The average molecular weight is 280 g/mol. The fourth-order valence-corrected chi connectivity index (χ4v) is 2.03. The van der Waals surface area contributed by atoms with Gasteiger partial charge in [-0.1, -0.05) is 13.8 Å². The first-order chi connectivity index (χ1) is 9.65. The Hall–Kier alpha value is -1.72. The SMILES string of the molecule is CCC(=O)N/N=C/C1CCC(/C=N/NC(=O)CC)CC1. The molecule has 0 aromatic carbocycles. The number of amides is 2. The van der Waals surface area contributed by atoms with Crippen molar-refractivity contribution >= 4 is 24.2 Å². The van der Waals surface area contributed by atoms with Gasteiger partial charge < -0.3 is 0 Å². The van der Waals surface area contributed by atoms with Gasteiger partial charge in [-0.2, -0.15) is 10.2 Å². The molecule has 1 rings (SSSR count). The molecule has 1 aliphatic rings. The van der Waals surface area contributed by atoms with Crippen LogP contribution in [-0.4, -0.2) is 24.2 Å². The first-order valence-electron chi connectivity index (χ1n) is 7.29. The van der Waals surface area contributed by atoms with Crippen LogP contribution in [0, 0.1) is 11.8 Å². The lowest BCUT2D eigenvalue weighted by atomic mass is 9.83. The summed E-state index contributed by atoms with van der Waals surface area (Å²) in [5, 5.41) is 7.94. The van der Waals surface area contributed by atoms with Crippen LogP contribution in [0.5, 0.6) is 0 Å². The molecule has 1 aliphatic carbocycles. The maximum absolute atomic E-state index is 11.0. The molecule has 0 spiro atoms. The molecule has 0 heterocycles. The molecule has 0 bridgehead atoms. The van der Waals surface area contributed by atoms with E-state index in [0.29, 0.717) is 24.7 Å². The highest BCUT2D eigenvalue weighted by atomic mass is 16.2. The van der Waals surface area contributed by atoms with Gasteiger partial charge in [-0.15, -0.1) is 0 Å². The second kappa shape index (κ2) is 9.23. The maximum Gasteiger partial charge on any atom is 0.239 e. The molecule has 112 valence electrons. The van der Waals surface area contributed by atoms with E-state index in [0.717, 1.165) is 25.7 Å². The van der Waals surface area contributed by atoms with E-state index in [4.69, 9.17) is 0 Å². The Bertz CT molecular complexity index is 335. The summed E-state index contributed by atoms with van der Waals surface area (Å²) in [5.74, 6) is 0.714. The van der Waals surface area contributed by atoms with E-state index in [1.165, 1.54) is 0 Å². The van der Waals surface area contributed by atoms with E-state index in [9.17, 15) is 9.59 Å². The van der Waals surface area contributed by atoms with Crippen molar-refractivity contribution in [3.8, 4) is 0 Å². The molecule has 20 heavy (non-hydrogen) atoms. The molecule has 0 aromatic rings. The zero-order chi connectivity index (χ0) is 14.8. The number of hydrazone groups is 2. The largest absolute Gasteiger partial charge is 0.273 e. The van der Waals surface area contributed by atoms with Crippen LogP contribution in [0.2, 0.25) is 0 Å². The molecule has 0 aromatic heterocycles. The van der Waals surface area contributed by atoms with Crippen molar-refractivity contribution in [3.05, 3.63) is 0 Å². The van der Waals surface area contributed by atoms with Crippen molar-refractivity contribution in [3.63, 3.8) is 0 Å². The van der Waals surface area contributed by atoms with Crippen molar-refractivity contribution < 1.29 is 9.59 Å². The molecule has 1 fully saturated rings. The van der Waals surface area contributed by atoms with E-state index in [-0.39, 0.29) is 11.8 Å². The predicted molar refractivity (Wildman–Crippen MR) is 79.3 cm³/mol. The quantitative estimate of drug-likeness (QED) is 0.574. The van der Waals surface area contributed by atoms with Crippen LogP contribution in [0.3, 0.4) is 0 Å². The summed E-state index contributed by atoms with van der Waals surface area (Å²) in [4.78, 5) is 22.1. The number of carbonyl (C=O) groups is 2. The van der Waals surface area contributed by atoms with Gasteiger partial charge in [0.1, 0.15) is 0 Å². The molecule has 0 unspecified atom stereocenters. The zero-order valence-electron chi connectivity index (χ0n) is 12.3. The summed E-state index contributed by atoms with van der Waals surface area (Å²) in [6.45, 7) is 3.60. The Morgan fingerprint density at radius 2 is 1.25 bits per heavy atom. The normalized spacial score (nSPS) is 23.1. The topological polar surface area (TPSA) is 82.9 Å². The lowest BCUT2D eigenvalue weighted by Gasteiger charge is -2.23. The summed E-state index contributed by atoms with van der Waals surface area (Å²) in [6, 6.07) is 0. The van der Waals surface area contributed by atoms with Gasteiger partial charge in [-0.05, 0) is 37.5 Å². The van der Waals surface area contributed by atoms with E-state index in [1.54, 1.807) is 13.8 Å². The summed E-state index contributed by atoms with van der Waals surface area (Å²) in [6.07, 6.45) is 8.69. The summed E-state index contributed by atoms with van der Waals surface area (Å²) in [5.41, 5.74) is 5.00. The van der Waals surface area contributed by atoms with Crippen molar-refractivity contribution in [2.75, 3.05) is 0 Å². The predicted octanol–water partition coefficient (Wildman–Crippen LogP) is 1.82. The van der Waals surface area contributed by atoms with Gasteiger partial charge in [-0.25, -0.2) is 10.9 Å². The Morgan fingerprint density at radius 3 is 1.55 bits per heavy atom. The third-order valence-electron chi connectivity index (χ3n) is 3.41. The number of rotatable bonds is 6. The van der Waals surface area contributed by atoms with Crippen molar-refractivity contribution in [2.24, 2.45) is 22.0 Å². The summed E-state index contributed by atoms with van der Waals surface area (Å²) >= 11 is 0.